The number of aromatic nitrogens is 2. The largest absolute Gasteiger partial charge is 0.475 e. The molecule has 104 valence electrons. The predicted molar refractivity (Wildman–Crippen MR) is 82.1 cm³/mol. The number of para-hydroxylation sites is 1. The summed E-state index contributed by atoms with van der Waals surface area (Å²) in [6, 6.07) is 14.7. The second-order valence-electron chi connectivity index (χ2n) is 4.23. The molecule has 0 atom stereocenters. The van der Waals surface area contributed by atoms with Gasteiger partial charge < -0.3 is 5.11 Å². The predicted octanol–water partition coefficient (Wildman–Crippen LogP) is 4.13. The van der Waals surface area contributed by atoms with Crippen LogP contribution in [0, 0.1) is 0 Å². The van der Waals surface area contributed by atoms with Gasteiger partial charge in [0, 0.05) is 15.3 Å². The number of benzene rings is 2. The number of carbonyl (C=O) groups is 1. The first-order valence-corrected chi connectivity index (χ1v) is 7.26. The number of fused-ring (bicyclic) bond motifs is 1. The lowest BCUT2D eigenvalue weighted by atomic mass is 10.2. The molecule has 0 spiro atoms. The molecule has 0 aliphatic carbocycles. The van der Waals surface area contributed by atoms with E-state index >= 15 is 0 Å². The van der Waals surface area contributed by atoms with Crippen molar-refractivity contribution in [2.45, 2.75) is 9.92 Å². The van der Waals surface area contributed by atoms with E-state index in [4.69, 9.17) is 16.7 Å². The number of carboxylic acid groups (broad SMARTS) is 1. The quantitative estimate of drug-likeness (QED) is 0.736. The highest BCUT2D eigenvalue weighted by Gasteiger charge is 2.13. The van der Waals surface area contributed by atoms with Crippen molar-refractivity contribution in [1.29, 1.82) is 0 Å². The number of nitrogens with zero attached hydrogens (tertiary/aromatic N) is 2. The van der Waals surface area contributed by atoms with Gasteiger partial charge in [0.1, 0.15) is 5.03 Å². The molecule has 1 aromatic heterocycles. The fourth-order valence-electron chi connectivity index (χ4n) is 1.86. The minimum Gasteiger partial charge on any atom is -0.475 e. The summed E-state index contributed by atoms with van der Waals surface area (Å²) in [6.07, 6.45) is 0. The summed E-state index contributed by atoms with van der Waals surface area (Å²) in [6.45, 7) is 0. The van der Waals surface area contributed by atoms with E-state index in [1.54, 1.807) is 12.1 Å². The van der Waals surface area contributed by atoms with Crippen molar-refractivity contribution in [3.05, 3.63) is 59.4 Å². The monoisotopic (exact) mass is 316 g/mol. The maximum Gasteiger partial charge on any atom is 0.373 e. The molecular weight excluding hydrogens is 308 g/mol. The lowest BCUT2D eigenvalue weighted by Crippen LogP contribution is -2.05. The Morgan fingerprint density at radius 1 is 1.10 bits per heavy atom. The molecule has 0 saturated carbocycles. The Morgan fingerprint density at radius 2 is 1.90 bits per heavy atom. The molecule has 0 unspecified atom stereocenters. The first-order chi connectivity index (χ1) is 10.1. The average Bonchev–Trinajstić information content (AvgIpc) is 2.47. The molecule has 1 heterocycles. The Morgan fingerprint density at radius 3 is 2.67 bits per heavy atom. The van der Waals surface area contributed by atoms with Crippen LogP contribution in [-0.4, -0.2) is 21.0 Å². The highest BCUT2D eigenvalue weighted by molar-refractivity contribution is 7.99. The molecule has 0 radical (unpaired) electrons. The average molecular weight is 317 g/mol. The van der Waals surface area contributed by atoms with Crippen LogP contribution in [0.5, 0.6) is 0 Å². The van der Waals surface area contributed by atoms with E-state index in [0.29, 0.717) is 15.6 Å². The smallest absolute Gasteiger partial charge is 0.373 e. The third-order valence-electron chi connectivity index (χ3n) is 2.77. The molecule has 0 aliphatic rings. The number of halogens is 1. The van der Waals surface area contributed by atoms with Crippen molar-refractivity contribution in [2.24, 2.45) is 0 Å². The lowest BCUT2D eigenvalue weighted by Gasteiger charge is -2.06. The van der Waals surface area contributed by atoms with Gasteiger partial charge in [-0.2, -0.15) is 0 Å². The van der Waals surface area contributed by atoms with Crippen LogP contribution in [0.1, 0.15) is 10.6 Å². The fourth-order valence-corrected chi connectivity index (χ4v) is 3.09. The van der Waals surface area contributed by atoms with E-state index in [-0.39, 0.29) is 5.82 Å². The Balaban J connectivity index is 2.13. The van der Waals surface area contributed by atoms with Gasteiger partial charge in [0.15, 0.2) is 0 Å². The second kappa shape index (κ2) is 5.71. The van der Waals surface area contributed by atoms with E-state index in [1.807, 2.05) is 36.4 Å². The molecule has 6 heteroatoms. The molecule has 0 aliphatic heterocycles. The maximum atomic E-state index is 11.1. The summed E-state index contributed by atoms with van der Waals surface area (Å²) in [5.74, 6) is -1.35. The van der Waals surface area contributed by atoms with Crippen LogP contribution in [0.2, 0.25) is 5.02 Å². The molecule has 1 N–H and O–H groups in total. The Kier molecular flexibility index (Phi) is 3.77. The molecule has 0 fully saturated rings. The Bertz CT molecular complexity index is 839. The highest BCUT2D eigenvalue weighted by Crippen LogP contribution is 2.32. The van der Waals surface area contributed by atoms with Crippen molar-refractivity contribution in [1.82, 2.24) is 9.97 Å². The first kappa shape index (κ1) is 13.9. The normalized spacial score (nSPS) is 10.7. The maximum absolute atomic E-state index is 11.1. The minimum absolute atomic E-state index is 0.210. The van der Waals surface area contributed by atoms with Gasteiger partial charge in [-0.05, 0) is 24.3 Å². The van der Waals surface area contributed by atoms with Gasteiger partial charge in [0.25, 0.3) is 0 Å². The number of aromatic carboxylic acids is 1. The zero-order valence-corrected chi connectivity index (χ0v) is 12.2. The summed E-state index contributed by atoms with van der Waals surface area (Å²) in [7, 11) is 0. The summed E-state index contributed by atoms with van der Waals surface area (Å²) in [5.41, 5.74) is 0.606. The van der Waals surface area contributed by atoms with Crippen LogP contribution in [-0.2, 0) is 0 Å². The van der Waals surface area contributed by atoms with Gasteiger partial charge in [0.05, 0.1) is 5.52 Å². The Hall–Kier alpha value is -2.11. The number of hydrogen-bond acceptors (Lipinski definition) is 4. The summed E-state index contributed by atoms with van der Waals surface area (Å²) in [5, 5.41) is 11.2. The van der Waals surface area contributed by atoms with Gasteiger partial charge in [0.2, 0.25) is 5.82 Å². The van der Waals surface area contributed by atoms with Crippen molar-refractivity contribution >= 4 is 40.2 Å². The molecule has 0 bridgehead atoms. The summed E-state index contributed by atoms with van der Waals surface area (Å²) < 4.78 is 0. The molecular formula is C15H9ClN2O2S. The molecule has 21 heavy (non-hydrogen) atoms. The molecule has 2 aromatic carbocycles. The van der Waals surface area contributed by atoms with Gasteiger partial charge in [-0.1, -0.05) is 47.6 Å². The zero-order valence-electron chi connectivity index (χ0n) is 10.7. The van der Waals surface area contributed by atoms with Crippen LogP contribution in [0.4, 0.5) is 0 Å². The van der Waals surface area contributed by atoms with Crippen LogP contribution in [0.15, 0.2) is 58.5 Å². The van der Waals surface area contributed by atoms with Gasteiger partial charge in [-0.3, -0.25) is 0 Å². The zero-order chi connectivity index (χ0) is 14.8. The standard InChI is InChI=1S/C15H9ClN2O2S/c16-9-4-3-5-10(8-9)21-14-11-6-1-2-7-12(11)17-13(18-14)15(19)20/h1-8H,(H,19,20). The van der Waals surface area contributed by atoms with E-state index < -0.39 is 5.97 Å². The second-order valence-corrected chi connectivity index (χ2v) is 5.73. The van der Waals surface area contributed by atoms with E-state index in [2.05, 4.69) is 9.97 Å². The fraction of sp³-hybridized carbons (Fsp3) is 0. The van der Waals surface area contributed by atoms with Gasteiger partial charge in [-0.25, -0.2) is 14.8 Å². The first-order valence-electron chi connectivity index (χ1n) is 6.07. The summed E-state index contributed by atoms with van der Waals surface area (Å²) >= 11 is 7.33. The SMILES string of the molecule is O=C(O)c1nc(Sc2cccc(Cl)c2)c2ccccc2n1. The van der Waals surface area contributed by atoms with Gasteiger partial charge >= 0.3 is 5.97 Å². The van der Waals surface area contributed by atoms with Crippen molar-refractivity contribution in [2.75, 3.05) is 0 Å². The van der Waals surface area contributed by atoms with Gasteiger partial charge in [-0.15, -0.1) is 0 Å². The number of carboxylic acids is 1. The third kappa shape index (κ3) is 2.99. The molecule has 4 nitrogen and oxygen atoms in total. The topological polar surface area (TPSA) is 63.1 Å². The van der Waals surface area contributed by atoms with Crippen LogP contribution >= 0.6 is 23.4 Å². The van der Waals surface area contributed by atoms with E-state index in [9.17, 15) is 4.79 Å². The lowest BCUT2D eigenvalue weighted by molar-refractivity contribution is 0.0683. The third-order valence-corrected chi connectivity index (χ3v) is 4.00. The van der Waals surface area contributed by atoms with Crippen LogP contribution in [0.25, 0.3) is 10.9 Å². The molecule has 0 amide bonds. The molecule has 3 aromatic rings. The van der Waals surface area contributed by atoms with Crippen LogP contribution in [0.3, 0.4) is 0 Å². The van der Waals surface area contributed by atoms with Crippen LogP contribution < -0.4 is 0 Å². The molecule has 3 rings (SSSR count). The summed E-state index contributed by atoms with van der Waals surface area (Å²) in [4.78, 5) is 20.2. The van der Waals surface area contributed by atoms with Crippen molar-refractivity contribution in [3.8, 4) is 0 Å². The minimum atomic E-state index is -1.14. The van der Waals surface area contributed by atoms with Crippen molar-refractivity contribution < 1.29 is 9.90 Å². The Labute approximate surface area is 129 Å². The van der Waals surface area contributed by atoms with E-state index in [1.165, 1.54) is 11.8 Å². The van der Waals surface area contributed by atoms with Crippen molar-refractivity contribution in [3.63, 3.8) is 0 Å². The number of rotatable bonds is 3. The van der Waals surface area contributed by atoms with E-state index in [0.717, 1.165) is 10.3 Å². The molecule has 0 saturated heterocycles. The number of hydrogen-bond donors (Lipinski definition) is 1. The highest BCUT2D eigenvalue weighted by atomic mass is 35.5.